The molecule has 0 saturated carbocycles. The van der Waals surface area contributed by atoms with Crippen LogP contribution < -0.4 is 5.32 Å². The lowest BCUT2D eigenvalue weighted by atomic mass is 9.79. The molecule has 1 fully saturated rings. The van der Waals surface area contributed by atoms with Gasteiger partial charge in [-0.15, -0.1) is 0 Å². The van der Waals surface area contributed by atoms with Crippen molar-refractivity contribution in [2.24, 2.45) is 11.8 Å². The molecule has 1 aliphatic heterocycles. The zero-order valence-corrected chi connectivity index (χ0v) is 21.9. The molecule has 0 spiro atoms. The molecule has 36 heavy (non-hydrogen) atoms. The number of carbonyl (C=O) groups excluding carboxylic acids is 1. The minimum Gasteiger partial charge on any atom is -0.355 e. The van der Waals surface area contributed by atoms with Crippen molar-refractivity contribution in [3.63, 3.8) is 0 Å². The van der Waals surface area contributed by atoms with Gasteiger partial charge in [0.25, 0.3) is 0 Å². The zero-order chi connectivity index (χ0) is 25.8. The minimum atomic E-state index is -0.611. The molecule has 0 radical (unpaired) electrons. The molecule has 3 aromatic carbocycles. The average molecular weight is 531 g/mol. The summed E-state index contributed by atoms with van der Waals surface area (Å²) in [7, 11) is 0. The van der Waals surface area contributed by atoms with Crippen LogP contribution in [0, 0.1) is 23.5 Å². The van der Waals surface area contributed by atoms with E-state index in [1.165, 1.54) is 12.1 Å². The van der Waals surface area contributed by atoms with Gasteiger partial charge in [0.1, 0.15) is 11.6 Å². The van der Waals surface area contributed by atoms with Crippen molar-refractivity contribution in [3.8, 4) is 0 Å². The fourth-order valence-corrected chi connectivity index (χ4v) is 5.18. The maximum atomic E-state index is 14.1. The van der Waals surface area contributed by atoms with Gasteiger partial charge < -0.3 is 5.32 Å². The van der Waals surface area contributed by atoms with Crippen LogP contribution in [0.1, 0.15) is 48.9 Å². The zero-order valence-electron chi connectivity index (χ0n) is 20.4. The van der Waals surface area contributed by atoms with E-state index in [4.69, 9.17) is 23.2 Å². The van der Waals surface area contributed by atoms with Gasteiger partial charge in [-0.3, -0.25) is 9.69 Å². The van der Waals surface area contributed by atoms with Crippen LogP contribution in [0.3, 0.4) is 0 Å². The van der Waals surface area contributed by atoms with E-state index < -0.39 is 11.6 Å². The fraction of sp³-hybridized carbons (Fsp3) is 0.345. The highest BCUT2D eigenvalue weighted by atomic mass is 35.5. The molecule has 190 valence electrons. The number of hydrogen-bond acceptors (Lipinski definition) is 2. The largest absolute Gasteiger partial charge is 0.355 e. The second-order valence-electron chi connectivity index (χ2n) is 9.93. The van der Waals surface area contributed by atoms with Crippen molar-refractivity contribution >= 4 is 29.1 Å². The third kappa shape index (κ3) is 6.64. The maximum Gasteiger partial charge on any atom is 0.220 e. The predicted octanol–water partition coefficient (Wildman–Crippen LogP) is 7.24. The highest BCUT2D eigenvalue weighted by Gasteiger charge is 2.39. The quantitative estimate of drug-likeness (QED) is 0.316. The van der Waals surface area contributed by atoms with Crippen LogP contribution in [0.25, 0.3) is 0 Å². The van der Waals surface area contributed by atoms with Gasteiger partial charge in [-0.1, -0.05) is 61.3 Å². The second kappa shape index (κ2) is 11.7. The van der Waals surface area contributed by atoms with Crippen LogP contribution in [0.15, 0.2) is 66.7 Å². The van der Waals surface area contributed by atoms with Crippen LogP contribution in [0.5, 0.6) is 0 Å². The van der Waals surface area contributed by atoms with Gasteiger partial charge >= 0.3 is 0 Å². The van der Waals surface area contributed by atoms with Crippen molar-refractivity contribution in [2.45, 2.75) is 32.2 Å². The molecule has 1 heterocycles. The molecular weight excluding hydrogens is 501 g/mol. The molecular formula is C29H30Cl2F2N2O. The monoisotopic (exact) mass is 530 g/mol. The summed E-state index contributed by atoms with van der Waals surface area (Å²) in [6, 6.07) is 19.2. The molecule has 1 saturated heterocycles. The van der Waals surface area contributed by atoms with Crippen molar-refractivity contribution < 1.29 is 13.6 Å². The molecule has 0 aromatic heterocycles. The van der Waals surface area contributed by atoms with E-state index in [1.54, 1.807) is 0 Å². The Balaban J connectivity index is 1.57. The molecule has 1 atom stereocenters. The van der Waals surface area contributed by atoms with E-state index in [0.29, 0.717) is 41.7 Å². The molecule has 0 bridgehead atoms. The number of nitrogens with zero attached hydrogens (tertiary/aromatic N) is 1. The molecule has 1 aliphatic rings. The lowest BCUT2D eigenvalue weighted by Gasteiger charge is -2.48. The number of halogens is 4. The van der Waals surface area contributed by atoms with Gasteiger partial charge in [-0.05, 0) is 64.9 Å². The van der Waals surface area contributed by atoms with Gasteiger partial charge in [0.2, 0.25) is 5.91 Å². The Hall–Kier alpha value is -2.47. The first kappa shape index (κ1) is 26.6. The summed E-state index contributed by atoms with van der Waals surface area (Å²) in [6.45, 7) is 5.71. The summed E-state index contributed by atoms with van der Waals surface area (Å²) in [5.41, 5.74) is 2.76. The van der Waals surface area contributed by atoms with Crippen LogP contribution in [-0.4, -0.2) is 30.4 Å². The summed E-state index contributed by atoms with van der Waals surface area (Å²) < 4.78 is 28.2. The number of nitrogens with one attached hydrogen (secondary N) is 1. The first-order valence-corrected chi connectivity index (χ1v) is 12.9. The summed E-state index contributed by atoms with van der Waals surface area (Å²) >= 11 is 12.3. The summed E-state index contributed by atoms with van der Waals surface area (Å²) in [6.07, 6.45) is 0.413. The van der Waals surface area contributed by atoms with Crippen molar-refractivity contribution in [3.05, 3.63) is 105 Å². The standard InChI is InChI=1S/C29H30Cl2F2N2O/c1-18(2)11-28(36)34-15-27(21-12-25(32)14-26(33)13-21)22-16-35(17-22)29(19-3-7-23(30)8-4-19)20-5-9-24(31)10-6-20/h3-10,12-14,18,22,27,29H,11,15-17H2,1-2H3,(H,34,36). The second-order valence-corrected chi connectivity index (χ2v) is 10.8. The van der Waals surface area contributed by atoms with E-state index >= 15 is 0 Å². The molecule has 1 unspecified atom stereocenters. The molecule has 3 aromatic rings. The SMILES string of the molecule is CC(C)CC(=O)NCC(c1cc(F)cc(F)c1)C1CN(C(c2ccc(Cl)cc2)c2ccc(Cl)cc2)C1. The maximum absolute atomic E-state index is 14.1. The Morgan fingerprint density at radius 3 is 1.86 bits per heavy atom. The summed E-state index contributed by atoms with van der Waals surface area (Å²) in [4.78, 5) is 14.7. The van der Waals surface area contributed by atoms with Crippen LogP contribution >= 0.6 is 23.2 Å². The molecule has 3 nitrogen and oxygen atoms in total. The van der Waals surface area contributed by atoms with E-state index in [1.807, 2.05) is 62.4 Å². The number of rotatable bonds is 9. The summed E-state index contributed by atoms with van der Waals surface area (Å²) in [5.74, 6) is -1.14. The number of amides is 1. The van der Waals surface area contributed by atoms with Gasteiger partial charge in [0.05, 0.1) is 6.04 Å². The third-order valence-corrected chi connectivity index (χ3v) is 7.17. The molecule has 4 rings (SSSR count). The molecule has 1 amide bonds. The lowest BCUT2D eigenvalue weighted by molar-refractivity contribution is -0.122. The first-order chi connectivity index (χ1) is 17.2. The predicted molar refractivity (Wildman–Crippen MR) is 141 cm³/mol. The smallest absolute Gasteiger partial charge is 0.220 e. The fourth-order valence-electron chi connectivity index (χ4n) is 4.93. The molecule has 1 N–H and O–H groups in total. The van der Waals surface area contributed by atoms with Crippen molar-refractivity contribution in [1.29, 1.82) is 0 Å². The number of hydrogen-bond donors (Lipinski definition) is 1. The minimum absolute atomic E-state index is 0.0174. The van der Waals surface area contributed by atoms with Crippen molar-refractivity contribution in [2.75, 3.05) is 19.6 Å². The normalized spacial score (nSPS) is 15.2. The first-order valence-electron chi connectivity index (χ1n) is 12.2. The molecule has 7 heteroatoms. The highest BCUT2D eigenvalue weighted by Crippen LogP contribution is 2.40. The van der Waals surface area contributed by atoms with Gasteiger partial charge in [-0.2, -0.15) is 0 Å². The third-order valence-electron chi connectivity index (χ3n) is 6.67. The topological polar surface area (TPSA) is 32.3 Å². The Morgan fingerprint density at radius 1 is 0.889 bits per heavy atom. The van der Waals surface area contributed by atoms with E-state index in [9.17, 15) is 13.6 Å². The van der Waals surface area contributed by atoms with Crippen LogP contribution in [-0.2, 0) is 4.79 Å². The Morgan fingerprint density at radius 2 is 1.39 bits per heavy atom. The Kier molecular flexibility index (Phi) is 8.66. The van der Waals surface area contributed by atoms with E-state index in [0.717, 1.165) is 17.2 Å². The van der Waals surface area contributed by atoms with E-state index in [-0.39, 0.29) is 29.7 Å². The average Bonchev–Trinajstić information content (AvgIpc) is 2.78. The Labute approximate surface area is 221 Å². The van der Waals surface area contributed by atoms with Crippen LogP contribution in [0.4, 0.5) is 8.78 Å². The molecule has 0 aliphatic carbocycles. The van der Waals surface area contributed by atoms with Gasteiger partial charge in [-0.25, -0.2) is 8.78 Å². The number of benzene rings is 3. The van der Waals surface area contributed by atoms with Crippen LogP contribution in [0.2, 0.25) is 10.0 Å². The lowest BCUT2D eigenvalue weighted by Crippen LogP contribution is -2.52. The Bertz CT molecular complexity index is 1110. The highest BCUT2D eigenvalue weighted by molar-refractivity contribution is 6.30. The number of likely N-dealkylation sites (tertiary alicyclic amines) is 1. The van der Waals surface area contributed by atoms with Crippen molar-refractivity contribution in [1.82, 2.24) is 10.2 Å². The number of carbonyl (C=O) groups is 1. The summed E-state index contributed by atoms with van der Waals surface area (Å²) in [5, 5.41) is 4.32. The van der Waals surface area contributed by atoms with Gasteiger partial charge in [0.15, 0.2) is 0 Å². The van der Waals surface area contributed by atoms with Gasteiger partial charge in [0, 0.05) is 48.1 Å². The van der Waals surface area contributed by atoms with E-state index in [2.05, 4.69) is 10.2 Å².